The second-order valence-electron chi connectivity index (χ2n) is 6.02. The van der Waals surface area contributed by atoms with Gasteiger partial charge in [0.25, 0.3) is 0 Å². The molecule has 0 saturated carbocycles. The van der Waals surface area contributed by atoms with Crippen molar-refractivity contribution in [1.82, 2.24) is 0 Å². The van der Waals surface area contributed by atoms with E-state index in [9.17, 15) is 0 Å². The van der Waals surface area contributed by atoms with Crippen LogP contribution in [0.2, 0.25) is 0 Å². The summed E-state index contributed by atoms with van der Waals surface area (Å²) in [6.07, 6.45) is 0. The van der Waals surface area contributed by atoms with E-state index in [1.807, 2.05) is 11.3 Å². The van der Waals surface area contributed by atoms with Gasteiger partial charge in [-0.3, -0.25) is 0 Å². The quantitative estimate of drug-likeness (QED) is 0.276. The van der Waals surface area contributed by atoms with E-state index in [0.717, 1.165) is 4.47 Å². The van der Waals surface area contributed by atoms with Gasteiger partial charge in [0, 0.05) is 24.6 Å². The molecule has 24 heavy (non-hydrogen) atoms. The third kappa shape index (κ3) is 2.26. The van der Waals surface area contributed by atoms with E-state index in [4.69, 9.17) is 0 Å². The number of hydrogen-bond donors (Lipinski definition) is 0. The molecular formula is C22H13BrS. The molecule has 0 aliphatic rings. The molecule has 0 saturated heterocycles. The second kappa shape index (κ2) is 5.44. The molecule has 0 amide bonds. The minimum atomic E-state index is 1.12. The summed E-state index contributed by atoms with van der Waals surface area (Å²) in [7, 11) is 0. The maximum absolute atomic E-state index is 3.57. The first-order valence-electron chi connectivity index (χ1n) is 7.89. The van der Waals surface area contributed by atoms with Crippen molar-refractivity contribution in [2.24, 2.45) is 0 Å². The van der Waals surface area contributed by atoms with Crippen LogP contribution in [-0.4, -0.2) is 0 Å². The average Bonchev–Trinajstić information content (AvgIpc) is 2.99. The van der Waals surface area contributed by atoms with Crippen molar-refractivity contribution >= 4 is 58.2 Å². The summed E-state index contributed by atoms with van der Waals surface area (Å²) in [5.41, 5.74) is 2.53. The van der Waals surface area contributed by atoms with Crippen LogP contribution in [0.25, 0.3) is 42.1 Å². The lowest BCUT2D eigenvalue weighted by atomic mass is 10.00. The van der Waals surface area contributed by atoms with E-state index in [-0.39, 0.29) is 0 Å². The van der Waals surface area contributed by atoms with Crippen molar-refractivity contribution in [1.29, 1.82) is 0 Å². The second-order valence-corrected chi connectivity index (χ2v) is 8.01. The van der Waals surface area contributed by atoms with Crippen molar-refractivity contribution in [3.63, 3.8) is 0 Å². The van der Waals surface area contributed by atoms with Gasteiger partial charge in [0.2, 0.25) is 0 Å². The van der Waals surface area contributed by atoms with Crippen LogP contribution in [0.15, 0.2) is 83.3 Å². The fourth-order valence-electron chi connectivity index (χ4n) is 3.30. The zero-order valence-corrected chi connectivity index (χ0v) is 15.2. The van der Waals surface area contributed by atoms with Crippen LogP contribution in [0.3, 0.4) is 0 Å². The van der Waals surface area contributed by atoms with Gasteiger partial charge in [0.15, 0.2) is 0 Å². The number of thiophene rings is 1. The highest BCUT2D eigenvalue weighted by molar-refractivity contribution is 9.10. The van der Waals surface area contributed by atoms with E-state index in [1.165, 1.54) is 42.1 Å². The Bertz CT molecular complexity index is 1220. The predicted molar refractivity (Wildman–Crippen MR) is 110 cm³/mol. The summed E-state index contributed by atoms with van der Waals surface area (Å²) in [4.78, 5) is 0. The van der Waals surface area contributed by atoms with Crippen LogP contribution in [0.1, 0.15) is 0 Å². The largest absolute Gasteiger partial charge is 0.135 e. The summed E-state index contributed by atoms with van der Waals surface area (Å²) >= 11 is 5.43. The van der Waals surface area contributed by atoms with Gasteiger partial charge >= 0.3 is 0 Å². The van der Waals surface area contributed by atoms with Gasteiger partial charge in [-0.05, 0) is 58.3 Å². The Hall–Kier alpha value is -2.16. The lowest BCUT2D eigenvalue weighted by molar-refractivity contribution is 1.67. The fourth-order valence-corrected chi connectivity index (χ4v) is 4.77. The lowest BCUT2D eigenvalue weighted by Gasteiger charge is -2.05. The van der Waals surface area contributed by atoms with Crippen LogP contribution in [-0.2, 0) is 0 Å². The predicted octanol–water partition coefficient (Wildman–Crippen LogP) is 7.64. The number of rotatable bonds is 1. The molecule has 1 aromatic heterocycles. The Morgan fingerprint density at radius 2 is 1.33 bits per heavy atom. The van der Waals surface area contributed by atoms with Crippen LogP contribution >= 0.6 is 27.3 Å². The maximum Gasteiger partial charge on any atom is 0.0355 e. The first-order chi connectivity index (χ1) is 11.8. The molecular weight excluding hydrogens is 376 g/mol. The Kier molecular flexibility index (Phi) is 3.22. The highest BCUT2D eigenvalue weighted by Gasteiger charge is 2.07. The third-order valence-electron chi connectivity index (χ3n) is 4.51. The standard InChI is InChI=1S/C22H13BrS/c23-18-9-7-14-5-6-15(11-17(14)12-18)16-8-10-22-20(13-16)19-3-1-2-4-21(19)24-22/h1-13H. The third-order valence-corrected chi connectivity index (χ3v) is 6.16. The molecule has 0 spiro atoms. The molecule has 0 aliphatic carbocycles. The van der Waals surface area contributed by atoms with E-state index < -0.39 is 0 Å². The van der Waals surface area contributed by atoms with E-state index >= 15 is 0 Å². The minimum Gasteiger partial charge on any atom is -0.135 e. The first-order valence-corrected chi connectivity index (χ1v) is 9.50. The first kappa shape index (κ1) is 14.2. The molecule has 0 fully saturated rings. The van der Waals surface area contributed by atoms with E-state index in [0.29, 0.717) is 0 Å². The van der Waals surface area contributed by atoms with Crippen LogP contribution in [0.4, 0.5) is 0 Å². The highest BCUT2D eigenvalue weighted by Crippen LogP contribution is 2.36. The number of halogens is 1. The Morgan fingerprint density at radius 1 is 0.583 bits per heavy atom. The molecule has 0 unspecified atom stereocenters. The van der Waals surface area contributed by atoms with E-state index in [2.05, 4.69) is 94.8 Å². The summed E-state index contributed by atoms with van der Waals surface area (Å²) in [5.74, 6) is 0. The minimum absolute atomic E-state index is 1.12. The molecule has 114 valence electrons. The number of hydrogen-bond acceptors (Lipinski definition) is 1. The highest BCUT2D eigenvalue weighted by atomic mass is 79.9. The van der Waals surface area contributed by atoms with Crippen molar-refractivity contribution in [3.8, 4) is 11.1 Å². The van der Waals surface area contributed by atoms with Crippen LogP contribution in [0.5, 0.6) is 0 Å². The molecule has 0 bridgehead atoms. The van der Waals surface area contributed by atoms with E-state index in [1.54, 1.807) is 0 Å². The maximum atomic E-state index is 3.57. The zero-order valence-electron chi connectivity index (χ0n) is 12.8. The van der Waals surface area contributed by atoms with Crippen molar-refractivity contribution in [2.75, 3.05) is 0 Å². The SMILES string of the molecule is Brc1ccc2ccc(-c3ccc4sc5ccccc5c4c3)cc2c1. The van der Waals surface area contributed by atoms with Crippen molar-refractivity contribution in [2.45, 2.75) is 0 Å². The van der Waals surface area contributed by atoms with Crippen LogP contribution in [0, 0.1) is 0 Å². The molecule has 2 heteroatoms. The normalized spacial score (nSPS) is 11.5. The van der Waals surface area contributed by atoms with Gasteiger partial charge < -0.3 is 0 Å². The molecule has 5 aromatic rings. The smallest absolute Gasteiger partial charge is 0.0355 e. The van der Waals surface area contributed by atoms with Crippen LogP contribution < -0.4 is 0 Å². The molecule has 4 aromatic carbocycles. The molecule has 0 nitrogen and oxygen atoms in total. The molecule has 0 aliphatic heterocycles. The zero-order chi connectivity index (χ0) is 16.1. The van der Waals surface area contributed by atoms with Gasteiger partial charge in [-0.15, -0.1) is 11.3 Å². The van der Waals surface area contributed by atoms with Gasteiger partial charge in [0.05, 0.1) is 0 Å². The van der Waals surface area contributed by atoms with Crippen molar-refractivity contribution < 1.29 is 0 Å². The number of benzene rings is 4. The lowest BCUT2D eigenvalue weighted by Crippen LogP contribution is -1.79. The molecule has 0 atom stereocenters. The average molecular weight is 389 g/mol. The molecule has 1 heterocycles. The molecule has 0 radical (unpaired) electrons. The Morgan fingerprint density at radius 3 is 2.29 bits per heavy atom. The number of fused-ring (bicyclic) bond motifs is 4. The topological polar surface area (TPSA) is 0 Å². The Labute approximate surface area is 152 Å². The fraction of sp³-hybridized carbons (Fsp3) is 0. The monoisotopic (exact) mass is 388 g/mol. The summed E-state index contributed by atoms with van der Waals surface area (Å²) < 4.78 is 3.82. The molecule has 5 rings (SSSR count). The van der Waals surface area contributed by atoms with Gasteiger partial charge in [-0.1, -0.05) is 58.4 Å². The molecule has 0 N–H and O–H groups in total. The van der Waals surface area contributed by atoms with Crippen molar-refractivity contribution in [3.05, 3.63) is 83.3 Å². The summed E-state index contributed by atoms with van der Waals surface area (Å²) in [5, 5.41) is 5.23. The summed E-state index contributed by atoms with van der Waals surface area (Å²) in [6.45, 7) is 0. The van der Waals surface area contributed by atoms with Gasteiger partial charge in [-0.2, -0.15) is 0 Å². The Balaban J connectivity index is 1.74. The van der Waals surface area contributed by atoms with Gasteiger partial charge in [0.1, 0.15) is 0 Å². The van der Waals surface area contributed by atoms with Gasteiger partial charge in [-0.25, -0.2) is 0 Å². The summed E-state index contributed by atoms with van der Waals surface area (Å²) in [6, 6.07) is 28.6.